The molecule has 0 bridgehead atoms. The second-order valence-electron chi connectivity index (χ2n) is 7.36. The standard InChI is InChI=1S/C20H41NO6/c1-2-3-4-5-6-7-8-9-10-11-12-13-14-21-20(27)19(26)18(25)17(24)16(23)15-22/h16-19,22-26H,2-15H2,1H3,(H,21,27)/t16-,17-,18+,19-/m1/s1. The average Bonchev–Trinajstić information content (AvgIpc) is 2.68. The van der Waals surface area contributed by atoms with Crippen LogP contribution >= 0.6 is 0 Å². The zero-order valence-corrected chi connectivity index (χ0v) is 16.9. The van der Waals surface area contributed by atoms with Crippen molar-refractivity contribution < 1.29 is 30.3 Å². The van der Waals surface area contributed by atoms with Crippen molar-refractivity contribution >= 4 is 5.91 Å². The van der Waals surface area contributed by atoms with Crippen molar-refractivity contribution in [2.45, 2.75) is 108 Å². The molecule has 0 unspecified atom stereocenters. The summed E-state index contributed by atoms with van der Waals surface area (Å²) in [5.74, 6) is -0.797. The summed E-state index contributed by atoms with van der Waals surface area (Å²) in [5.41, 5.74) is 0. The Labute approximate surface area is 163 Å². The highest BCUT2D eigenvalue weighted by molar-refractivity contribution is 5.81. The number of hydrogen-bond donors (Lipinski definition) is 6. The number of hydrogen-bond acceptors (Lipinski definition) is 6. The van der Waals surface area contributed by atoms with Crippen molar-refractivity contribution in [3.8, 4) is 0 Å². The molecule has 0 aromatic carbocycles. The molecule has 7 nitrogen and oxygen atoms in total. The highest BCUT2D eigenvalue weighted by atomic mass is 16.4. The van der Waals surface area contributed by atoms with Crippen LogP contribution in [-0.2, 0) is 4.79 Å². The lowest BCUT2D eigenvalue weighted by molar-refractivity contribution is -0.148. The Balaban J connectivity index is 3.57. The molecule has 0 saturated carbocycles. The molecule has 7 heteroatoms. The highest BCUT2D eigenvalue weighted by Crippen LogP contribution is 2.12. The summed E-state index contributed by atoms with van der Waals surface area (Å²) in [4.78, 5) is 11.7. The Morgan fingerprint density at radius 1 is 0.741 bits per heavy atom. The number of aliphatic hydroxyl groups is 5. The zero-order chi connectivity index (χ0) is 20.5. The monoisotopic (exact) mass is 391 g/mol. The molecule has 0 aromatic heterocycles. The maximum Gasteiger partial charge on any atom is 0.251 e. The third-order valence-corrected chi connectivity index (χ3v) is 4.85. The molecule has 0 spiro atoms. The summed E-state index contributed by atoms with van der Waals surface area (Å²) >= 11 is 0. The van der Waals surface area contributed by atoms with Crippen molar-refractivity contribution in [2.75, 3.05) is 13.2 Å². The van der Waals surface area contributed by atoms with Gasteiger partial charge in [0.25, 0.3) is 5.91 Å². The summed E-state index contributed by atoms with van der Waals surface area (Å²) in [7, 11) is 0. The Morgan fingerprint density at radius 2 is 1.19 bits per heavy atom. The van der Waals surface area contributed by atoms with Crippen molar-refractivity contribution in [1.82, 2.24) is 5.32 Å². The van der Waals surface area contributed by atoms with E-state index in [1.54, 1.807) is 0 Å². The largest absolute Gasteiger partial charge is 0.394 e. The number of nitrogens with one attached hydrogen (secondary N) is 1. The molecule has 0 aliphatic carbocycles. The number of carbonyl (C=O) groups excluding carboxylic acids is 1. The topological polar surface area (TPSA) is 130 Å². The van der Waals surface area contributed by atoms with Crippen LogP contribution in [0.4, 0.5) is 0 Å². The minimum atomic E-state index is -1.85. The van der Waals surface area contributed by atoms with Crippen molar-refractivity contribution in [1.29, 1.82) is 0 Å². The molecule has 0 rings (SSSR count). The van der Waals surface area contributed by atoms with Crippen molar-refractivity contribution in [3.05, 3.63) is 0 Å². The first-order valence-electron chi connectivity index (χ1n) is 10.6. The van der Waals surface area contributed by atoms with Crippen LogP contribution in [0.3, 0.4) is 0 Å². The maximum absolute atomic E-state index is 11.7. The van der Waals surface area contributed by atoms with Crippen LogP contribution in [0.1, 0.15) is 84.0 Å². The third kappa shape index (κ3) is 13.1. The molecule has 6 N–H and O–H groups in total. The van der Waals surface area contributed by atoms with Gasteiger partial charge in [-0.25, -0.2) is 0 Å². The molecule has 27 heavy (non-hydrogen) atoms. The molecular weight excluding hydrogens is 350 g/mol. The van der Waals surface area contributed by atoms with Crippen LogP contribution in [0.25, 0.3) is 0 Å². The van der Waals surface area contributed by atoms with Crippen LogP contribution < -0.4 is 5.32 Å². The van der Waals surface area contributed by atoms with E-state index in [-0.39, 0.29) is 0 Å². The summed E-state index contributed by atoms with van der Waals surface area (Å²) in [6.45, 7) is 1.84. The Bertz CT molecular complexity index is 355. The van der Waals surface area contributed by atoms with Crippen molar-refractivity contribution in [2.24, 2.45) is 0 Å². The van der Waals surface area contributed by atoms with Gasteiger partial charge in [0.15, 0.2) is 6.10 Å². The molecule has 0 aliphatic heterocycles. The van der Waals surface area contributed by atoms with E-state index in [9.17, 15) is 25.2 Å². The van der Waals surface area contributed by atoms with E-state index in [1.807, 2.05) is 0 Å². The predicted molar refractivity (Wildman–Crippen MR) is 105 cm³/mol. The Kier molecular flexibility index (Phi) is 16.9. The van der Waals surface area contributed by atoms with Gasteiger partial charge >= 0.3 is 0 Å². The van der Waals surface area contributed by atoms with Crippen molar-refractivity contribution in [3.63, 3.8) is 0 Å². The molecule has 162 valence electrons. The third-order valence-electron chi connectivity index (χ3n) is 4.85. The van der Waals surface area contributed by atoms with Gasteiger partial charge in [-0.05, 0) is 6.42 Å². The van der Waals surface area contributed by atoms with Crippen LogP contribution in [-0.4, -0.2) is 69.0 Å². The fourth-order valence-corrected chi connectivity index (χ4v) is 2.96. The van der Waals surface area contributed by atoms with Gasteiger partial charge in [-0.3, -0.25) is 4.79 Å². The molecule has 1 amide bonds. The lowest BCUT2D eigenvalue weighted by Gasteiger charge is -2.24. The zero-order valence-electron chi connectivity index (χ0n) is 16.9. The maximum atomic E-state index is 11.7. The fourth-order valence-electron chi connectivity index (χ4n) is 2.96. The molecule has 0 aromatic rings. The molecular formula is C20H41NO6. The Hall–Kier alpha value is -0.730. The minimum Gasteiger partial charge on any atom is -0.394 e. The lowest BCUT2D eigenvalue weighted by Crippen LogP contribution is -2.51. The number of aliphatic hydroxyl groups excluding tert-OH is 5. The average molecular weight is 392 g/mol. The van der Waals surface area contributed by atoms with Gasteiger partial charge in [0, 0.05) is 6.54 Å². The van der Waals surface area contributed by atoms with Crippen LogP contribution in [0, 0.1) is 0 Å². The number of unbranched alkanes of at least 4 members (excludes halogenated alkanes) is 11. The first kappa shape index (κ1) is 26.3. The fraction of sp³-hybridized carbons (Fsp3) is 0.950. The van der Waals surface area contributed by atoms with Gasteiger partial charge in [-0.15, -0.1) is 0 Å². The SMILES string of the molecule is CCCCCCCCCCCCCCNC(=O)[C@H](O)[C@@H](O)[C@H](O)[C@H](O)CO. The van der Waals surface area contributed by atoms with E-state index in [2.05, 4.69) is 12.2 Å². The normalized spacial score (nSPS) is 15.9. The number of carbonyl (C=O) groups is 1. The van der Waals surface area contributed by atoms with E-state index in [0.29, 0.717) is 6.54 Å². The van der Waals surface area contributed by atoms with Gasteiger partial charge in [-0.1, -0.05) is 77.6 Å². The summed E-state index contributed by atoms with van der Waals surface area (Å²) in [6.07, 6.45) is 7.49. The first-order valence-corrected chi connectivity index (χ1v) is 10.6. The number of amides is 1. The minimum absolute atomic E-state index is 0.388. The van der Waals surface area contributed by atoms with Crippen LogP contribution in [0.15, 0.2) is 0 Å². The number of rotatable bonds is 18. The molecule has 0 aliphatic rings. The second kappa shape index (κ2) is 17.4. The summed E-state index contributed by atoms with van der Waals surface area (Å²) in [5, 5.41) is 49.2. The van der Waals surface area contributed by atoms with E-state index < -0.39 is 36.9 Å². The molecule has 4 atom stereocenters. The second-order valence-corrected chi connectivity index (χ2v) is 7.36. The summed E-state index contributed by atoms with van der Waals surface area (Å²) < 4.78 is 0. The quantitative estimate of drug-likeness (QED) is 0.195. The first-order chi connectivity index (χ1) is 13.0. The summed E-state index contributed by atoms with van der Waals surface area (Å²) in [6, 6.07) is 0. The van der Waals surface area contributed by atoms with Gasteiger partial charge in [0.05, 0.1) is 6.61 Å². The van der Waals surface area contributed by atoms with Gasteiger partial charge in [-0.2, -0.15) is 0 Å². The van der Waals surface area contributed by atoms with E-state index in [4.69, 9.17) is 5.11 Å². The Morgan fingerprint density at radius 3 is 1.63 bits per heavy atom. The van der Waals surface area contributed by atoms with E-state index >= 15 is 0 Å². The molecule has 0 saturated heterocycles. The highest BCUT2D eigenvalue weighted by Gasteiger charge is 2.33. The molecule has 0 radical (unpaired) electrons. The predicted octanol–water partition coefficient (Wildman–Crippen LogP) is 1.24. The lowest BCUT2D eigenvalue weighted by atomic mass is 10.0. The van der Waals surface area contributed by atoms with Gasteiger partial charge in [0.1, 0.15) is 18.3 Å². The smallest absolute Gasteiger partial charge is 0.251 e. The van der Waals surface area contributed by atoms with Gasteiger partial charge in [0.2, 0.25) is 0 Å². The molecule has 0 heterocycles. The van der Waals surface area contributed by atoms with Crippen LogP contribution in [0.2, 0.25) is 0 Å². The van der Waals surface area contributed by atoms with Crippen LogP contribution in [0.5, 0.6) is 0 Å². The van der Waals surface area contributed by atoms with Gasteiger partial charge < -0.3 is 30.8 Å². The molecule has 0 fully saturated rings. The van der Waals surface area contributed by atoms with E-state index in [0.717, 1.165) is 19.3 Å². The van der Waals surface area contributed by atoms with E-state index in [1.165, 1.54) is 57.8 Å².